The molecule has 194 valence electrons. The van der Waals surface area contributed by atoms with E-state index in [-0.39, 0.29) is 22.1 Å². The van der Waals surface area contributed by atoms with Gasteiger partial charge < -0.3 is 13.6 Å². The molecular formula is C30H48O3Si2. The Morgan fingerprint density at radius 3 is 1.71 bits per heavy atom. The van der Waals surface area contributed by atoms with E-state index in [0.29, 0.717) is 13.0 Å². The normalized spacial score (nSPS) is 15.0. The van der Waals surface area contributed by atoms with E-state index in [1.54, 1.807) is 0 Å². The van der Waals surface area contributed by atoms with Crippen molar-refractivity contribution in [1.29, 1.82) is 0 Å². The van der Waals surface area contributed by atoms with E-state index in [4.69, 9.17) is 8.85 Å². The summed E-state index contributed by atoms with van der Waals surface area (Å²) in [5.74, 6) is 0.220. The highest BCUT2D eigenvalue weighted by molar-refractivity contribution is 6.99. The predicted octanol–water partition coefficient (Wildman–Crippen LogP) is 6.96. The maximum absolute atomic E-state index is 11.0. The molecule has 5 heteroatoms. The van der Waals surface area contributed by atoms with Gasteiger partial charge in [0.1, 0.15) is 6.29 Å². The quantitative estimate of drug-likeness (QED) is 0.175. The molecule has 2 aromatic carbocycles. The van der Waals surface area contributed by atoms with Crippen molar-refractivity contribution in [1.82, 2.24) is 0 Å². The van der Waals surface area contributed by atoms with Crippen molar-refractivity contribution in [2.45, 2.75) is 97.0 Å². The van der Waals surface area contributed by atoms with E-state index in [1.807, 2.05) is 0 Å². The zero-order valence-corrected chi connectivity index (χ0v) is 25.6. The van der Waals surface area contributed by atoms with Crippen LogP contribution in [0.25, 0.3) is 0 Å². The van der Waals surface area contributed by atoms with Crippen LogP contribution in [-0.2, 0) is 13.6 Å². The molecule has 0 aliphatic carbocycles. The second-order valence-electron chi connectivity index (χ2n) is 12.5. The van der Waals surface area contributed by atoms with Gasteiger partial charge in [0.15, 0.2) is 8.32 Å². The molecule has 0 aromatic heterocycles. The first-order valence-electron chi connectivity index (χ1n) is 13.1. The van der Waals surface area contributed by atoms with Gasteiger partial charge in [-0.05, 0) is 46.4 Å². The minimum atomic E-state index is -2.59. The summed E-state index contributed by atoms with van der Waals surface area (Å²) in [7, 11) is -4.55. The second-order valence-corrected chi connectivity index (χ2v) is 21.5. The molecule has 0 bridgehead atoms. The maximum Gasteiger partial charge on any atom is 0.261 e. The molecule has 0 aliphatic rings. The molecule has 0 saturated heterocycles. The second kappa shape index (κ2) is 12.1. The highest BCUT2D eigenvalue weighted by Crippen LogP contribution is 2.40. The number of hydrogen-bond acceptors (Lipinski definition) is 3. The van der Waals surface area contributed by atoms with Crippen LogP contribution in [-0.4, -0.2) is 35.6 Å². The lowest BCUT2D eigenvalue weighted by atomic mass is 10.0. The Kier molecular flexibility index (Phi) is 10.3. The summed E-state index contributed by atoms with van der Waals surface area (Å²) in [5, 5.41) is 2.68. The van der Waals surface area contributed by atoms with E-state index in [9.17, 15) is 4.79 Å². The molecule has 0 fully saturated rings. The lowest BCUT2D eigenvalue weighted by Gasteiger charge is -2.45. The third kappa shape index (κ3) is 7.25. The molecule has 3 nitrogen and oxygen atoms in total. The summed E-state index contributed by atoms with van der Waals surface area (Å²) in [5.41, 5.74) is 0. The fraction of sp³-hybridized carbons (Fsp3) is 0.567. The Morgan fingerprint density at radius 1 is 0.829 bits per heavy atom. The van der Waals surface area contributed by atoms with Crippen LogP contribution in [0.15, 0.2) is 60.7 Å². The van der Waals surface area contributed by atoms with Gasteiger partial charge in [-0.2, -0.15) is 0 Å². The molecule has 0 unspecified atom stereocenters. The molecule has 2 aromatic rings. The number of carbonyl (C=O) groups excluding carboxylic acids is 1. The number of aldehydes is 1. The molecule has 0 heterocycles. The Labute approximate surface area is 216 Å². The lowest BCUT2D eigenvalue weighted by Crippen LogP contribution is -2.67. The van der Waals surface area contributed by atoms with Crippen LogP contribution in [0.3, 0.4) is 0 Å². The van der Waals surface area contributed by atoms with Crippen molar-refractivity contribution in [2.75, 3.05) is 6.61 Å². The molecule has 0 saturated carbocycles. The minimum absolute atomic E-state index is 0.0528. The maximum atomic E-state index is 11.0. The van der Waals surface area contributed by atoms with Gasteiger partial charge in [0.25, 0.3) is 8.32 Å². The SMILES string of the molecule is C[C@@H](CO[Si](c1ccccc1)(c1ccccc1)C(C)(C)C)[C@H](CCCC=O)O[Si](C)(C)C(C)(C)C. The summed E-state index contributed by atoms with van der Waals surface area (Å²) in [6.45, 7) is 21.3. The fourth-order valence-electron chi connectivity index (χ4n) is 4.54. The van der Waals surface area contributed by atoms with Crippen molar-refractivity contribution in [3.63, 3.8) is 0 Å². The number of carbonyl (C=O) groups is 1. The molecule has 35 heavy (non-hydrogen) atoms. The summed E-state index contributed by atoms with van der Waals surface area (Å²) >= 11 is 0. The van der Waals surface area contributed by atoms with Crippen LogP contribution in [0.1, 0.15) is 67.7 Å². The Balaban J connectivity index is 2.43. The molecule has 0 aliphatic heterocycles. The Bertz CT molecular complexity index is 859. The van der Waals surface area contributed by atoms with Crippen LogP contribution in [0.4, 0.5) is 0 Å². The molecule has 0 amide bonds. The van der Waals surface area contributed by atoms with E-state index >= 15 is 0 Å². The standard InChI is InChI=1S/C30H48O3Si2/c1-25(28(22-16-17-23-31)33-34(8,9)29(2,3)4)24-32-35(30(5,6)7,26-18-12-10-13-19-26)27-20-14-11-15-21-27/h10-15,18-21,23,25,28H,16-17,22,24H2,1-9H3/t25-,28-/m0/s1. The van der Waals surface area contributed by atoms with Gasteiger partial charge in [-0.3, -0.25) is 0 Å². The first kappa shape index (κ1) is 29.7. The van der Waals surface area contributed by atoms with E-state index < -0.39 is 16.6 Å². The first-order chi connectivity index (χ1) is 16.3. The average molecular weight is 513 g/mol. The fourth-order valence-corrected chi connectivity index (χ4v) is 10.7. The minimum Gasteiger partial charge on any atom is -0.414 e. The van der Waals surface area contributed by atoms with Gasteiger partial charge in [0.05, 0.1) is 0 Å². The van der Waals surface area contributed by atoms with Gasteiger partial charge in [0, 0.05) is 25.0 Å². The van der Waals surface area contributed by atoms with E-state index in [1.165, 1.54) is 10.4 Å². The van der Waals surface area contributed by atoms with Crippen molar-refractivity contribution in [2.24, 2.45) is 5.92 Å². The molecule has 0 radical (unpaired) electrons. The van der Waals surface area contributed by atoms with Crippen molar-refractivity contribution in [3.8, 4) is 0 Å². The monoisotopic (exact) mass is 512 g/mol. The average Bonchev–Trinajstić information content (AvgIpc) is 2.78. The van der Waals surface area contributed by atoms with Gasteiger partial charge >= 0.3 is 0 Å². The third-order valence-corrected chi connectivity index (χ3v) is 17.2. The topological polar surface area (TPSA) is 35.5 Å². The Hall–Kier alpha value is -1.54. The third-order valence-electron chi connectivity index (χ3n) is 7.68. The van der Waals surface area contributed by atoms with Crippen molar-refractivity contribution in [3.05, 3.63) is 60.7 Å². The lowest BCUT2D eigenvalue weighted by molar-refractivity contribution is -0.108. The molecule has 0 N–H and O–H groups in total. The highest BCUT2D eigenvalue weighted by Gasteiger charge is 2.50. The van der Waals surface area contributed by atoms with Gasteiger partial charge in [-0.1, -0.05) is 109 Å². The van der Waals surface area contributed by atoms with Crippen LogP contribution in [0, 0.1) is 5.92 Å². The van der Waals surface area contributed by atoms with Crippen molar-refractivity contribution < 1.29 is 13.6 Å². The first-order valence-corrected chi connectivity index (χ1v) is 17.9. The van der Waals surface area contributed by atoms with Crippen LogP contribution in [0.5, 0.6) is 0 Å². The van der Waals surface area contributed by atoms with Crippen LogP contribution >= 0.6 is 0 Å². The molecular weight excluding hydrogens is 464 g/mol. The number of rotatable bonds is 12. The molecule has 2 rings (SSSR count). The summed E-state index contributed by atoms with van der Waals surface area (Å²) in [4.78, 5) is 11.0. The highest BCUT2D eigenvalue weighted by atomic mass is 28.4. The largest absolute Gasteiger partial charge is 0.414 e. The number of unbranched alkanes of at least 4 members (excludes halogenated alkanes) is 1. The smallest absolute Gasteiger partial charge is 0.261 e. The van der Waals surface area contributed by atoms with Gasteiger partial charge in [-0.15, -0.1) is 0 Å². The van der Waals surface area contributed by atoms with Gasteiger partial charge in [-0.25, -0.2) is 0 Å². The molecule has 0 spiro atoms. The summed E-state index contributed by atoms with van der Waals surface area (Å²) < 4.78 is 14.2. The van der Waals surface area contributed by atoms with Crippen LogP contribution < -0.4 is 10.4 Å². The van der Waals surface area contributed by atoms with Crippen LogP contribution in [0.2, 0.25) is 23.2 Å². The van der Waals surface area contributed by atoms with Gasteiger partial charge in [0.2, 0.25) is 0 Å². The Morgan fingerprint density at radius 2 is 1.31 bits per heavy atom. The van der Waals surface area contributed by atoms with E-state index in [0.717, 1.165) is 19.1 Å². The van der Waals surface area contributed by atoms with E-state index in [2.05, 4.69) is 122 Å². The zero-order valence-electron chi connectivity index (χ0n) is 23.6. The zero-order chi connectivity index (χ0) is 26.3. The predicted molar refractivity (Wildman–Crippen MR) is 155 cm³/mol. The number of hydrogen-bond donors (Lipinski definition) is 0. The van der Waals surface area contributed by atoms with Crippen molar-refractivity contribution >= 4 is 33.3 Å². The molecule has 2 atom stereocenters. The summed E-state index contributed by atoms with van der Waals surface area (Å²) in [6, 6.07) is 21.6. The number of benzene rings is 2. The summed E-state index contributed by atoms with van der Waals surface area (Å²) in [6.07, 6.45) is 3.42.